The van der Waals surface area contributed by atoms with Crippen LogP contribution in [0.4, 0.5) is 6.01 Å². The maximum absolute atomic E-state index is 13.2. The number of aryl methyl sites for hydroxylation is 2. The summed E-state index contributed by atoms with van der Waals surface area (Å²) in [7, 11) is -2.00. The lowest BCUT2D eigenvalue weighted by Crippen LogP contribution is -2.49. The number of ether oxygens (including phenoxy) is 1. The number of hydrogen-bond donors (Lipinski definition) is 0. The first-order chi connectivity index (χ1) is 12.7. The summed E-state index contributed by atoms with van der Waals surface area (Å²) in [6, 6.07) is 3.96. The maximum Gasteiger partial charge on any atom is 0.318 e. The molecule has 1 aliphatic heterocycles. The third-order valence-electron chi connectivity index (χ3n) is 4.70. The van der Waals surface area contributed by atoms with Crippen LogP contribution in [0.25, 0.3) is 0 Å². The maximum atomic E-state index is 13.2. The summed E-state index contributed by atoms with van der Waals surface area (Å²) in [4.78, 5) is 2.29. The number of anilines is 1. The predicted molar refractivity (Wildman–Crippen MR) is 102 cm³/mol. The van der Waals surface area contributed by atoms with Crippen LogP contribution in [0.5, 0.6) is 5.75 Å². The summed E-state index contributed by atoms with van der Waals surface area (Å²) in [6.45, 7) is 9.32. The van der Waals surface area contributed by atoms with Gasteiger partial charge in [-0.3, -0.25) is 0 Å². The quantitative estimate of drug-likeness (QED) is 0.769. The van der Waals surface area contributed by atoms with Gasteiger partial charge in [0.25, 0.3) is 0 Å². The molecule has 9 heteroatoms. The molecule has 0 bridgehead atoms. The SMILES string of the molecule is COc1cc(C)c(S(=O)(=O)N2CCN(c3nnc(C(C)C)o3)CC2)c(C)c1. The van der Waals surface area contributed by atoms with Gasteiger partial charge in [0.15, 0.2) is 0 Å². The Labute approximate surface area is 160 Å². The number of methoxy groups -OCH3 is 1. The smallest absolute Gasteiger partial charge is 0.318 e. The highest BCUT2D eigenvalue weighted by Crippen LogP contribution is 2.29. The monoisotopic (exact) mass is 394 g/mol. The van der Waals surface area contributed by atoms with E-state index in [9.17, 15) is 8.42 Å². The minimum Gasteiger partial charge on any atom is -0.497 e. The van der Waals surface area contributed by atoms with E-state index in [0.717, 1.165) is 0 Å². The Morgan fingerprint density at radius 1 is 1.07 bits per heavy atom. The van der Waals surface area contributed by atoms with E-state index >= 15 is 0 Å². The van der Waals surface area contributed by atoms with Crippen LogP contribution >= 0.6 is 0 Å². The minimum absolute atomic E-state index is 0.161. The fraction of sp³-hybridized carbons (Fsp3) is 0.556. The molecule has 27 heavy (non-hydrogen) atoms. The first kappa shape index (κ1) is 19.6. The van der Waals surface area contributed by atoms with Gasteiger partial charge in [-0.1, -0.05) is 18.9 Å². The van der Waals surface area contributed by atoms with Crippen LogP contribution in [0.1, 0.15) is 36.8 Å². The standard InChI is InChI=1S/C18H26N4O4S/c1-12(2)17-19-20-18(26-17)21-6-8-22(9-7-21)27(23,24)16-13(3)10-15(25-5)11-14(16)4/h10-12H,6-9H2,1-5H3. The number of aromatic nitrogens is 2. The molecule has 1 aliphatic rings. The van der Waals surface area contributed by atoms with E-state index in [0.29, 0.717) is 59.9 Å². The van der Waals surface area contributed by atoms with Crippen molar-refractivity contribution in [3.63, 3.8) is 0 Å². The molecule has 1 aromatic carbocycles. The van der Waals surface area contributed by atoms with Gasteiger partial charge in [-0.2, -0.15) is 4.31 Å². The van der Waals surface area contributed by atoms with Gasteiger partial charge in [0.05, 0.1) is 12.0 Å². The van der Waals surface area contributed by atoms with Crippen molar-refractivity contribution in [3.8, 4) is 5.75 Å². The van der Waals surface area contributed by atoms with Crippen LogP contribution in [-0.2, 0) is 10.0 Å². The average Bonchev–Trinajstić information content (AvgIpc) is 3.11. The van der Waals surface area contributed by atoms with Gasteiger partial charge in [-0.25, -0.2) is 8.42 Å². The Morgan fingerprint density at radius 2 is 1.67 bits per heavy atom. The van der Waals surface area contributed by atoms with E-state index < -0.39 is 10.0 Å². The van der Waals surface area contributed by atoms with E-state index in [4.69, 9.17) is 9.15 Å². The molecule has 1 aromatic heterocycles. The molecule has 8 nitrogen and oxygen atoms in total. The summed E-state index contributed by atoms with van der Waals surface area (Å²) >= 11 is 0. The lowest BCUT2D eigenvalue weighted by molar-refractivity contribution is 0.366. The normalized spacial score (nSPS) is 16.1. The van der Waals surface area contributed by atoms with E-state index in [1.807, 2.05) is 18.7 Å². The van der Waals surface area contributed by atoms with Crippen molar-refractivity contribution in [2.75, 3.05) is 38.2 Å². The molecule has 0 radical (unpaired) electrons. The third kappa shape index (κ3) is 3.79. The molecule has 0 atom stereocenters. The highest BCUT2D eigenvalue weighted by Gasteiger charge is 2.32. The molecular weight excluding hydrogens is 368 g/mol. The number of piperazine rings is 1. The molecule has 2 heterocycles. The molecule has 1 fully saturated rings. The highest BCUT2D eigenvalue weighted by atomic mass is 32.2. The Hall–Kier alpha value is -2.13. The van der Waals surface area contributed by atoms with Gasteiger partial charge in [-0.05, 0) is 37.1 Å². The first-order valence-corrected chi connectivity index (χ1v) is 10.4. The fourth-order valence-corrected chi connectivity index (χ4v) is 5.11. The van der Waals surface area contributed by atoms with Gasteiger partial charge in [0.2, 0.25) is 15.9 Å². The molecule has 0 saturated carbocycles. The van der Waals surface area contributed by atoms with Crippen LogP contribution < -0.4 is 9.64 Å². The van der Waals surface area contributed by atoms with Crippen molar-refractivity contribution in [2.45, 2.75) is 38.5 Å². The predicted octanol–water partition coefficient (Wildman–Crippen LogP) is 2.33. The van der Waals surface area contributed by atoms with Gasteiger partial charge in [-0.15, -0.1) is 5.10 Å². The second kappa shape index (κ2) is 7.47. The number of benzene rings is 1. The van der Waals surface area contributed by atoms with Gasteiger partial charge >= 0.3 is 6.01 Å². The van der Waals surface area contributed by atoms with Crippen molar-refractivity contribution >= 4 is 16.0 Å². The summed E-state index contributed by atoms with van der Waals surface area (Å²) < 4.78 is 38.8. The van der Waals surface area contributed by atoms with Crippen LogP contribution in [0.2, 0.25) is 0 Å². The van der Waals surface area contributed by atoms with E-state index in [1.54, 1.807) is 33.1 Å². The van der Waals surface area contributed by atoms with E-state index in [2.05, 4.69) is 10.2 Å². The Morgan fingerprint density at radius 3 is 2.15 bits per heavy atom. The fourth-order valence-electron chi connectivity index (χ4n) is 3.27. The molecule has 0 aliphatic carbocycles. The van der Waals surface area contributed by atoms with Crippen molar-refractivity contribution < 1.29 is 17.6 Å². The van der Waals surface area contributed by atoms with Crippen molar-refractivity contribution in [3.05, 3.63) is 29.2 Å². The summed E-state index contributed by atoms with van der Waals surface area (Å²) in [5, 5.41) is 8.12. The Balaban J connectivity index is 1.77. The van der Waals surface area contributed by atoms with E-state index in [1.165, 1.54) is 4.31 Å². The van der Waals surface area contributed by atoms with Crippen molar-refractivity contribution in [1.82, 2.24) is 14.5 Å². The third-order valence-corrected chi connectivity index (χ3v) is 6.91. The molecule has 2 aromatic rings. The van der Waals surface area contributed by atoms with Crippen molar-refractivity contribution in [2.24, 2.45) is 0 Å². The van der Waals surface area contributed by atoms with Crippen molar-refractivity contribution in [1.29, 1.82) is 0 Å². The molecule has 1 saturated heterocycles. The zero-order valence-electron chi connectivity index (χ0n) is 16.4. The van der Waals surface area contributed by atoms with Crippen LogP contribution in [0, 0.1) is 13.8 Å². The summed E-state index contributed by atoms with van der Waals surface area (Å²) in [5.74, 6) is 1.41. The molecule has 148 valence electrons. The van der Waals surface area contributed by atoms with Gasteiger partial charge in [0, 0.05) is 32.1 Å². The largest absolute Gasteiger partial charge is 0.497 e. The second-order valence-corrected chi connectivity index (χ2v) is 8.93. The van der Waals surface area contributed by atoms with Crippen LogP contribution in [0.15, 0.2) is 21.4 Å². The molecular formula is C18H26N4O4S. The van der Waals surface area contributed by atoms with E-state index in [-0.39, 0.29) is 5.92 Å². The Bertz CT molecular complexity index is 892. The molecule has 0 amide bonds. The second-order valence-electron chi connectivity index (χ2n) is 7.06. The Kier molecular flexibility index (Phi) is 5.43. The molecule has 0 N–H and O–H groups in total. The molecule has 0 spiro atoms. The number of hydrogen-bond acceptors (Lipinski definition) is 7. The van der Waals surface area contributed by atoms with Crippen LogP contribution in [-0.4, -0.2) is 56.2 Å². The van der Waals surface area contributed by atoms with Gasteiger partial charge in [0.1, 0.15) is 5.75 Å². The van der Waals surface area contributed by atoms with Gasteiger partial charge < -0.3 is 14.1 Å². The summed E-state index contributed by atoms with van der Waals surface area (Å²) in [5.41, 5.74) is 1.38. The first-order valence-electron chi connectivity index (χ1n) is 8.97. The number of nitrogens with zero attached hydrogens (tertiary/aromatic N) is 4. The molecule has 0 unspecified atom stereocenters. The minimum atomic E-state index is -3.58. The zero-order valence-corrected chi connectivity index (χ0v) is 17.2. The van der Waals surface area contributed by atoms with Crippen LogP contribution in [0.3, 0.4) is 0 Å². The lowest BCUT2D eigenvalue weighted by atomic mass is 10.1. The number of sulfonamides is 1. The summed E-state index contributed by atoms with van der Waals surface area (Å²) in [6.07, 6.45) is 0. The highest BCUT2D eigenvalue weighted by molar-refractivity contribution is 7.89. The average molecular weight is 394 g/mol. The number of rotatable bonds is 5. The zero-order chi connectivity index (χ0) is 19.8. The lowest BCUT2D eigenvalue weighted by Gasteiger charge is -2.33. The molecule has 3 rings (SSSR count). The topological polar surface area (TPSA) is 88.8 Å².